The van der Waals surface area contributed by atoms with Gasteiger partial charge in [-0.05, 0) is 0 Å². The smallest absolute Gasteiger partial charge is 0.331 e. The summed E-state index contributed by atoms with van der Waals surface area (Å²) in [6, 6.07) is 0. The third-order valence-corrected chi connectivity index (χ3v) is 0.669. The molecular formula is C6H7ClO2. The lowest BCUT2D eigenvalue weighted by molar-refractivity contribution is -0.136. The van der Waals surface area contributed by atoms with Crippen molar-refractivity contribution in [1.29, 1.82) is 0 Å². The van der Waals surface area contributed by atoms with Gasteiger partial charge in [-0.25, -0.2) is 4.79 Å². The van der Waals surface area contributed by atoms with Gasteiger partial charge in [-0.3, -0.25) is 0 Å². The Bertz CT molecular complexity index is 129. The Kier molecular flexibility index (Phi) is 4.92. The summed E-state index contributed by atoms with van der Waals surface area (Å²) in [7, 11) is 0. The molecule has 0 aliphatic heterocycles. The molecule has 9 heavy (non-hydrogen) atoms. The van der Waals surface area contributed by atoms with Crippen LogP contribution in [0.1, 0.15) is 0 Å². The van der Waals surface area contributed by atoms with Crippen LogP contribution in [0.15, 0.2) is 24.3 Å². The molecule has 0 aromatic heterocycles. The molecule has 0 spiro atoms. The quantitative estimate of drug-likeness (QED) is 0.342. The highest BCUT2D eigenvalue weighted by molar-refractivity contribution is 6.26. The van der Waals surface area contributed by atoms with E-state index in [-0.39, 0.29) is 6.61 Å². The summed E-state index contributed by atoms with van der Waals surface area (Å²) in [5.74, 6) is -0.454. The van der Waals surface area contributed by atoms with Crippen LogP contribution in [-0.4, -0.2) is 12.6 Å². The zero-order valence-electron chi connectivity index (χ0n) is 4.84. The summed E-state index contributed by atoms with van der Waals surface area (Å²) in [5, 5.41) is 0. The first-order chi connectivity index (χ1) is 4.31. The van der Waals surface area contributed by atoms with Gasteiger partial charge in [0, 0.05) is 11.6 Å². The van der Waals surface area contributed by atoms with Crippen LogP contribution in [0.25, 0.3) is 0 Å². The van der Waals surface area contributed by atoms with Gasteiger partial charge in [0.2, 0.25) is 0 Å². The molecule has 0 bridgehead atoms. The van der Waals surface area contributed by atoms with Gasteiger partial charge < -0.3 is 4.74 Å². The van der Waals surface area contributed by atoms with Crippen LogP contribution in [0, 0.1) is 0 Å². The second kappa shape index (κ2) is 5.38. The maximum atomic E-state index is 10.4. The monoisotopic (exact) mass is 146 g/mol. The second-order valence-electron chi connectivity index (χ2n) is 1.21. The Morgan fingerprint density at radius 1 is 1.78 bits per heavy atom. The number of halogens is 1. The molecule has 0 N–H and O–H groups in total. The standard InChI is InChI=1S/C6H7ClO2/c1-2-5-9-6(8)3-4-7/h2-4H,1,5H2/b4-3+. The molecule has 0 aromatic rings. The van der Waals surface area contributed by atoms with Crippen molar-refractivity contribution in [3.05, 3.63) is 24.3 Å². The third-order valence-electron chi connectivity index (χ3n) is 0.543. The first-order valence-electron chi connectivity index (χ1n) is 2.35. The van der Waals surface area contributed by atoms with Crippen LogP contribution in [0.4, 0.5) is 0 Å². The van der Waals surface area contributed by atoms with Crippen molar-refractivity contribution in [1.82, 2.24) is 0 Å². The molecule has 0 rings (SSSR count). The van der Waals surface area contributed by atoms with Gasteiger partial charge in [-0.2, -0.15) is 0 Å². The summed E-state index contributed by atoms with van der Waals surface area (Å²) in [4.78, 5) is 10.4. The van der Waals surface area contributed by atoms with Crippen molar-refractivity contribution in [3.63, 3.8) is 0 Å². The van der Waals surface area contributed by atoms with Crippen molar-refractivity contribution >= 4 is 17.6 Å². The number of ether oxygens (including phenoxy) is 1. The van der Waals surface area contributed by atoms with Crippen LogP contribution in [-0.2, 0) is 9.53 Å². The highest BCUT2D eigenvalue weighted by atomic mass is 35.5. The van der Waals surface area contributed by atoms with E-state index >= 15 is 0 Å². The summed E-state index contributed by atoms with van der Waals surface area (Å²) in [5.41, 5.74) is 1.10. The highest BCUT2D eigenvalue weighted by Gasteiger charge is 1.90. The Morgan fingerprint density at radius 2 is 2.44 bits per heavy atom. The molecule has 0 fully saturated rings. The summed E-state index contributed by atoms with van der Waals surface area (Å²) in [6.45, 7) is 3.58. The van der Waals surface area contributed by atoms with Crippen LogP contribution in [0.2, 0.25) is 0 Å². The molecule has 0 radical (unpaired) electrons. The predicted octanol–water partition coefficient (Wildman–Crippen LogP) is 1.47. The van der Waals surface area contributed by atoms with E-state index < -0.39 is 5.97 Å². The summed E-state index contributed by atoms with van der Waals surface area (Å²) < 4.78 is 4.50. The van der Waals surface area contributed by atoms with E-state index in [2.05, 4.69) is 11.3 Å². The van der Waals surface area contributed by atoms with Crippen molar-refractivity contribution in [2.75, 3.05) is 6.61 Å². The molecule has 0 saturated carbocycles. The number of carbonyl (C=O) groups excluding carboxylic acids is 1. The van der Waals surface area contributed by atoms with Gasteiger partial charge >= 0.3 is 5.97 Å². The largest absolute Gasteiger partial charge is 0.458 e. The lowest BCUT2D eigenvalue weighted by atomic mass is 10.6. The highest BCUT2D eigenvalue weighted by Crippen LogP contribution is 1.83. The Balaban J connectivity index is 3.38. The molecule has 0 aliphatic rings. The molecule has 2 nitrogen and oxygen atoms in total. The average molecular weight is 147 g/mol. The number of hydrogen-bond acceptors (Lipinski definition) is 2. The van der Waals surface area contributed by atoms with Crippen molar-refractivity contribution in [2.24, 2.45) is 0 Å². The number of esters is 1. The molecule has 0 atom stereocenters. The fourth-order valence-corrected chi connectivity index (χ4v) is 0.343. The molecule has 0 heterocycles. The SMILES string of the molecule is C=CCOC(=O)/C=C/Cl. The molecule has 0 saturated heterocycles. The average Bonchev–Trinajstić information content (AvgIpc) is 1.85. The molecule has 0 aliphatic carbocycles. The van der Waals surface area contributed by atoms with Crippen LogP contribution >= 0.6 is 11.6 Å². The van der Waals surface area contributed by atoms with Gasteiger partial charge in [0.05, 0.1) is 0 Å². The molecular weight excluding hydrogens is 140 g/mol. The minimum Gasteiger partial charge on any atom is -0.458 e. The van der Waals surface area contributed by atoms with E-state index in [0.29, 0.717) is 0 Å². The first kappa shape index (κ1) is 8.24. The van der Waals surface area contributed by atoms with E-state index in [1.807, 2.05) is 0 Å². The van der Waals surface area contributed by atoms with Gasteiger partial charge in [-0.1, -0.05) is 24.3 Å². The third kappa shape index (κ3) is 5.11. The Morgan fingerprint density at radius 3 is 2.89 bits per heavy atom. The molecule has 0 aromatic carbocycles. The van der Waals surface area contributed by atoms with E-state index in [0.717, 1.165) is 11.6 Å². The predicted molar refractivity (Wildman–Crippen MR) is 36.1 cm³/mol. The lowest BCUT2D eigenvalue weighted by Gasteiger charge is -1.92. The zero-order chi connectivity index (χ0) is 7.11. The first-order valence-corrected chi connectivity index (χ1v) is 2.79. The van der Waals surface area contributed by atoms with E-state index in [1.54, 1.807) is 0 Å². The number of carbonyl (C=O) groups is 1. The van der Waals surface area contributed by atoms with E-state index in [1.165, 1.54) is 6.08 Å². The van der Waals surface area contributed by atoms with Gasteiger partial charge in [0.15, 0.2) is 0 Å². The number of rotatable bonds is 3. The lowest BCUT2D eigenvalue weighted by Crippen LogP contribution is -1.98. The van der Waals surface area contributed by atoms with Crippen molar-refractivity contribution in [2.45, 2.75) is 0 Å². The topological polar surface area (TPSA) is 26.3 Å². The zero-order valence-corrected chi connectivity index (χ0v) is 5.60. The molecule has 0 unspecified atom stereocenters. The number of hydrogen-bond donors (Lipinski definition) is 0. The van der Waals surface area contributed by atoms with E-state index in [9.17, 15) is 4.79 Å². The normalized spacial score (nSPS) is 9.44. The summed E-state index contributed by atoms with van der Waals surface area (Å²) in [6.07, 6.45) is 2.62. The molecule has 3 heteroatoms. The minimum absolute atomic E-state index is 0.222. The maximum absolute atomic E-state index is 10.4. The van der Waals surface area contributed by atoms with Crippen LogP contribution in [0.5, 0.6) is 0 Å². The molecule has 0 amide bonds. The second-order valence-corrected chi connectivity index (χ2v) is 1.46. The Hall–Kier alpha value is -0.760. The Labute approximate surface area is 58.8 Å². The maximum Gasteiger partial charge on any atom is 0.331 e. The van der Waals surface area contributed by atoms with Gasteiger partial charge in [-0.15, -0.1) is 0 Å². The van der Waals surface area contributed by atoms with Gasteiger partial charge in [0.1, 0.15) is 6.61 Å². The van der Waals surface area contributed by atoms with Crippen LogP contribution in [0.3, 0.4) is 0 Å². The van der Waals surface area contributed by atoms with E-state index in [4.69, 9.17) is 11.6 Å². The van der Waals surface area contributed by atoms with Crippen molar-refractivity contribution in [3.8, 4) is 0 Å². The molecule has 50 valence electrons. The van der Waals surface area contributed by atoms with Gasteiger partial charge in [0.25, 0.3) is 0 Å². The van der Waals surface area contributed by atoms with Crippen molar-refractivity contribution < 1.29 is 9.53 Å². The van der Waals surface area contributed by atoms with Crippen LogP contribution < -0.4 is 0 Å². The minimum atomic E-state index is -0.454. The fourth-order valence-electron chi connectivity index (χ4n) is 0.241. The fraction of sp³-hybridized carbons (Fsp3) is 0.167. The summed E-state index contributed by atoms with van der Waals surface area (Å²) >= 11 is 5.07.